The average Bonchev–Trinajstić information content (AvgIpc) is 2.43. The molecule has 0 bridgehead atoms. The van der Waals surface area contributed by atoms with Crippen LogP contribution in [0.1, 0.15) is 53.9 Å². The highest BCUT2D eigenvalue weighted by atomic mass is 16.2. The van der Waals surface area contributed by atoms with Crippen molar-refractivity contribution in [2.24, 2.45) is 5.41 Å². The molecule has 1 saturated heterocycles. The zero-order chi connectivity index (χ0) is 15.2. The molecule has 1 atom stereocenters. The molecule has 0 aliphatic carbocycles. The fourth-order valence-electron chi connectivity index (χ4n) is 3.22. The molecule has 0 radical (unpaired) electrons. The highest BCUT2D eigenvalue weighted by molar-refractivity contribution is 5.83. The minimum atomic E-state index is -0.182. The highest BCUT2D eigenvalue weighted by Gasteiger charge is 2.37. The quantitative estimate of drug-likeness (QED) is 0.751. The van der Waals surface area contributed by atoms with Crippen molar-refractivity contribution >= 4 is 5.91 Å². The number of nitrogens with one attached hydrogen (secondary N) is 2. The second kappa shape index (κ2) is 7.99. The number of carbonyl (C=O) groups is 1. The summed E-state index contributed by atoms with van der Waals surface area (Å²) in [6, 6.07) is 1.03. The van der Waals surface area contributed by atoms with Crippen LogP contribution < -0.4 is 10.6 Å². The number of hydrogen-bond donors (Lipinski definition) is 2. The van der Waals surface area contributed by atoms with Gasteiger partial charge in [0.2, 0.25) is 5.91 Å². The number of rotatable bonds is 7. The van der Waals surface area contributed by atoms with Crippen LogP contribution in [0.5, 0.6) is 0 Å². The Morgan fingerprint density at radius 3 is 2.40 bits per heavy atom. The Kier molecular flexibility index (Phi) is 6.96. The Morgan fingerprint density at radius 1 is 1.30 bits per heavy atom. The summed E-state index contributed by atoms with van der Waals surface area (Å²) in [5.74, 6) is 0.236. The number of nitrogens with zero attached hydrogens (tertiary/aromatic N) is 1. The van der Waals surface area contributed by atoms with Gasteiger partial charge in [0.05, 0.1) is 5.41 Å². The number of hydrogen-bond acceptors (Lipinski definition) is 3. The molecular formula is C16H33N3O. The molecule has 1 rings (SSSR count). The first-order valence-corrected chi connectivity index (χ1v) is 8.17. The molecule has 1 heterocycles. The summed E-state index contributed by atoms with van der Waals surface area (Å²) < 4.78 is 0. The molecule has 4 heteroatoms. The Hall–Kier alpha value is -0.610. The third-order valence-electron chi connectivity index (χ3n) is 4.61. The van der Waals surface area contributed by atoms with E-state index in [0.29, 0.717) is 12.1 Å². The SMILES string of the molecule is CCC1(C(=O)NCCN(C(C)C)C(C)C)CCCNC1. The van der Waals surface area contributed by atoms with Crippen LogP contribution in [0.15, 0.2) is 0 Å². The third kappa shape index (κ3) is 4.45. The van der Waals surface area contributed by atoms with Crippen molar-refractivity contribution in [3.8, 4) is 0 Å². The summed E-state index contributed by atoms with van der Waals surface area (Å²) in [7, 11) is 0. The molecule has 1 fully saturated rings. The molecule has 20 heavy (non-hydrogen) atoms. The Morgan fingerprint density at radius 2 is 1.95 bits per heavy atom. The van der Waals surface area contributed by atoms with Crippen molar-refractivity contribution in [1.82, 2.24) is 15.5 Å². The maximum atomic E-state index is 12.5. The lowest BCUT2D eigenvalue weighted by atomic mass is 9.77. The predicted molar refractivity (Wildman–Crippen MR) is 84.8 cm³/mol. The molecular weight excluding hydrogens is 250 g/mol. The van der Waals surface area contributed by atoms with Crippen molar-refractivity contribution in [3.05, 3.63) is 0 Å². The van der Waals surface area contributed by atoms with Gasteiger partial charge in [-0.05, 0) is 53.5 Å². The third-order valence-corrected chi connectivity index (χ3v) is 4.61. The maximum absolute atomic E-state index is 12.5. The van der Waals surface area contributed by atoms with Crippen LogP contribution in [-0.4, -0.2) is 49.1 Å². The first-order valence-electron chi connectivity index (χ1n) is 8.17. The smallest absolute Gasteiger partial charge is 0.227 e. The van der Waals surface area contributed by atoms with Gasteiger partial charge in [-0.3, -0.25) is 9.69 Å². The van der Waals surface area contributed by atoms with Crippen LogP contribution >= 0.6 is 0 Å². The minimum Gasteiger partial charge on any atom is -0.354 e. The summed E-state index contributed by atoms with van der Waals surface area (Å²) in [4.78, 5) is 14.9. The Labute approximate surface area is 124 Å². The molecule has 0 aromatic carbocycles. The van der Waals surface area contributed by atoms with Gasteiger partial charge in [0.15, 0.2) is 0 Å². The van der Waals surface area contributed by atoms with Gasteiger partial charge in [-0.1, -0.05) is 6.92 Å². The number of piperidine rings is 1. The number of amides is 1. The van der Waals surface area contributed by atoms with Gasteiger partial charge in [0.25, 0.3) is 0 Å². The van der Waals surface area contributed by atoms with Gasteiger partial charge < -0.3 is 10.6 Å². The monoisotopic (exact) mass is 283 g/mol. The summed E-state index contributed by atoms with van der Waals surface area (Å²) in [5.41, 5.74) is -0.182. The summed E-state index contributed by atoms with van der Waals surface area (Å²) in [6.07, 6.45) is 3.04. The van der Waals surface area contributed by atoms with Gasteiger partial charge in [0.1, 0.15) is 0 Å². The second-order valence-corrected chi connectivity index (χ2v) is 6.60. The molecule has 1 amide bonds. The largest absolute Gasteiger partial charge is 0.354 e. The lowest BCUT2D eigenvalue weighted by Crippen LogP contribution is -2.51. The van der Waals surface area contributed by atoms with Crippen molar-refractivity contribution < 1.29 is 4.79 Å². The molecule has 0 aromatic heterocycles. The van der Waals surface area contributed by atoms with Crippen LogP contribution in [0.3, 0.4) is 0 Å². The van der Waals surface area contributed by atoms with Crippen LogP contribution in [0, 0.1) is 5.41 Å². The molecule has 0 spiro atoms. The first kappa shape index (κ1) is 17.4. The van der Waals surface area contributed by atoms with E-state index in [-0.39, 0.29) is 11.3 Å². The molecule has 1 aliphatic heterocycles. The maximum Gasteiger partial charge on any atom is 0.227 e. The average molecular weight is 283 g/mol. The van der Waals surface area contributed by atoms with E-state index >= 15 is 0 Å². The molecule has 0 saturated carbocycles. The van der Waals surface area contributed by atoms with Gasteiger partial charge in [-0.15, -0.1) is 0 Å². The van der Waals surface area contributed by atoms with Crippen molar-refractivity contribution in [1.29, 1.82) is 0 Å². The van der Waals surface area contributed by atoms with Gasteiger partial charge in [-0.2, -0.15) is 0 Å². The molecule has 0 aromatic rings. The van der Waals surface area contributed by atoms with Crippen molar-refractivity contribution in [2.75, 3.05) is 26.2 Å². The summed E-state index contributed by atoms with van der Waals surface area (Å²) in [6.45, 7) is 14.5. The van der Waals surface area contributed by atoms with Crippen LogP contribution in [-0.2, 0) is 4.79 Å². The lowest BCUT2D eigenvalue weighted by Gasteiger charge is -2.36. The highest BCUT2D eigenvalue weighted by Crippen LogP contribution is 2.30. The number of carbonyl (C=O) groups excluding carboxylic acids is 1. The van der Waals surface area contributed by atoms with E-state index in [0.717, 1.165) is 45.4 Å². The Bertz CT molecular complexity index is 288. The fourth-order valence-corrected chi connectivity index (χ4v) is 3.22. The topological polar surface area (TPSA) is 44.4 Å². The summed E-state index contributed by atoms with van der Waals surface area (Å²) >= 11 is 0. The molecule has 2 N–H and O–H groups in total. The standard InChI is InChI=1S/C16H33N3O/c1-6-16(8-7-9-17-12-16)15(20)18-10-11-19(13(2)3)14(4)5/h13-14,17H,6-12H2,1-5H3,(H,18,20). The van der Waals surface area contributed by atoms with E-state index in [4.69, 9.17) is 0 Å². The fraction of sp³-hybridized carbons (Fsp3) is 0.938. The van der Waals surface area contributed by atoms with Gasteiger partial charge in [-0.25, -0.2) is 0 Å². The van der Waals surface area contributed by atoms with E-state index in [1.807, 2.05) is 0 Å². The molecule has 4 nitrogen and oxygen atoms in total. The van der Waals surface area contributed by atoms with E-state index < -0.39 is 0 Å². The molecule has 1 aliphatic rings. The van der Waals surface area contributed by atoms with Crippen molar-refractivity contribution in [2.45, 2.75) is 66.0 Å². The van der Waals surface area contributed by atoms with Crippen molar-refractivity contribution in [3.63, 3.8) is 0 Å². The van der Waals surface area contributed by atoms with Crippen LogP contribution in [0.4, 0.5) is 0 Å². The first-order chi connectivity index (χ1) is 9.43. The second-order valence-electron chi connectivity index (χ2n) is 6.60. The molecule has 118 valence electrons. The predicted octanol–water partition coefficient (Wildman–Crippen LogP) is 2.00. The summed E-state index contributed by atoms with van der Waals surface area (Å²) in [5, 5.41) is 6.54. The lowest BCUT2D eigenvalue weighted by molar-refractivity contribution is -0.132. The van der Waals surface area contributed by atoms with Gasteiger partial charge in [0, 0.05) is 31.7 Å². The molecule has 1 unspecified atom stereocenters. The van der Waals surface area contributed by atoms with Crippen LogP contribution in [0.2, 0.25) is 0 Å². The van der Waals surface area contributed by atoms with E-state index in [1.54, 1.807) is 0 Å². The van der Waals surface area contributed by atoms with E-state index in [2.05, 4.69) is 50.2 Å². The van der Waals surface area contributed by atoms with E-state index in [9.17, 15) is 4.79 Å². The van der Waals surface area contributed by atoms with E-state index in [1.165, 1.54) is 0 Å². The van der Waals surface area contributed by atoms with Gasteiger partial charge >= 0.3 is 0 Å². The zero-order valence-electron chi connectivity index (χ0n) is 14.0. The zero-order valence-corrected chi connectivity index (χ0v) is 14.0. The Balaban J connectivity index is 2.45. The normalized spacial score (nSPS) is 23.6. The minimum absolute atomic E-state index is 0.182. The van der Waals surface area contributed by atoms with Crippen LogP contribution in [0.25, 0.3) is 0 Å².